The van der Waals surface area contributed by atoms with Crippen molar-refractivity contribution in [2.24, 2.45) is 11.8 Å². The quantitative estimate of drug-likeness (QED) is 0.739. The third-order valence-corrected chi connectivity index (χ3v) is 6.24. The highest BCUT2D eigenvalue weighted by Gasteiger charge is 2.32. The van der Waals surface area contributed by atoms with Crippen LogP contribution in [0.25, 0.3) is 0 Å². The van der Waals surface area contributed by atoms with Crippen molar-refractivity contribution in [3.63, 3.8) is 0 Å². The third kappa shape index (κ3) is 5.17. The summed E-state index contributed by atoms with van der Waals surface area (Å²) in [5.41, 5.74) is 0.982. The van der Waals surface area contributed by atoms with E-state index in [1.165, 1.54) is 0 Å². The molecule has 158 valence electrons. The Bertz CT molecular complexity index is 734. The summed E-state index contributed by atoms with van der Waals surface area (Å²) in [6.07, 6.45) is 7.46. The van der Waals surface area contributed by atoms with E-state index in [9.17, 15) is 14.4 Å². The lowest BCUT2D eigenvalue weighted by Crippen LogP contribution is -2.43. The van der Waals surface area contributed by atoms with Crippen LogP contribution in [-0.4, -0.2) is 37.5 Å². The minimum atomic E-state index is -0.416. The number of hydrogen-bond donors (Lipinski definition) is 1. The summed E-state index contributed by atoms with van der Waals surface area (Å²) in [5, 5.41) is 3.19. The molecule has 0 spiro atoms. The van der Waals surface area contributed by atoms with Crippen molar-refractivity contribution in [3.8, 4) is 0 Å². The fourth-order valence-electron chi connectivity index (χ4n) is 4.53. The maximum atomic E-state index is 13.1. The molecule has 1 aromatic carbocycles. The molecule has 6 heteroatoms. The van der Waals surface area contributed by atoms with Crippen molar-refractivity contribution in [3.05, 3.63) is 29.8 Å². The minimum absolute atomic E-state index is 0.0160. The zero-order chi connectivity index (χ0) is 20.8. The molecule has 1 aromatic rings. The van der Waals surface area contributed by atoms with E-state index in [1.54, 1.807) is 37.1 Å². The van der Waals surface area contributed by atoms with Crippen molar-refractivity contribution >= 4 is 23.5 Å². The van der Waals surface area contributed by atoms with Crippen LogP contribution in [0.1, 0.15) is 68.6 Å². The fourth-order valence-corrected chi connectivity index (χ4v) is 4.53. The molecule has 29 heavy (non-hydrogen) atoms. The number of para-hydroxylation sites is 1. The molecule has 0 atom stereocenters. The van der Waals surface area contributed by atoms with Gasteiger partial charge in [0.05, 0.1) is 17.9 Å². The Morgan fingerprint density at radius 2 is 1.66 bits per heavy atom. The summed E-state index contributed by atoms with van der Waals surface area (Å²) in [6.45, 7) is 2.06. The van der Waals surface area contributed by atoms with Gasteiger partial charge in [0.2, 0.25) is 11.8 Å². The number of carbonyl (C=O) groups excluding carboxylic acids is 3. The summed E-state index contributed by atoms with van der Waals surface area (Å²) in [7, 11) is 1.72. The van der Waals surface area contributed by atoms with E-state index in [0.29, 0.717) is 17.9 Å². The molecule has 0 saturated heterocycles. The molecule has 0 heterocycles. The van der Waals surface area contributed by atoms with Crippen LogP contribution < -0.4 is 10.2 Å². The maximum Gasteiger partial charge on any atom is 0.340 e. The van der Waals surface area contributed by atoms with Crippen molar-refractivity contribution in [1.29, 1.82) is 0 Å². The van der Waals surface area contributed by atoms with Crippen molar-refractivity contribution in [2.75, 3.05) is 18.6 Å². The van der Waals surface area contributed by atoms with E-state index in [4.69, 9.17) is 4.74 Å². The van der Waals surface area contributed by atoms with Crippen LogP contribution in [0.4, 0.5) is 5.69 Å². The standard InChI is InChI=1S/C23H32N2O4/c1-3-29-23(28)19-10-6-7-11-20(19)25(2)22(27)17-12-14-18(15-13-17)24-21(26)16-8-4-5-9-16/h6-7,10-11,16-18H,3-5,8-9,12-15H2,1-2H3,(H,24,26). The van der Waals surface area contributed by atoms with Crippen LogP contribution in [0.5, 0.6) is 0 Å². The number of nitrogens with zero attached hydrogens (tertiary/aromatic N) is 1. The lowest BCUT2D eigenvalue weighted by molar-refractivity contribution is -0.126. The summed E-state index contributed by atoms with van der Waals surface area (Å²) < 4.78 is 5.12. The lowest BCUT2D eigenvalue weighted by Gasteiger charge is -2.32. The number of anilines is 1. The Morgan fingerprint density at radius 3 is 2.31 bits per heavy atom. The molecule has 0 radical (unpaired) electrons. The molecule has 6 nitrogen and oxygen atoms in total. The molecule has 2 fully saturated rings. The van der Waals surface area contributed by atoms with Crippen molar-refractivity contribution in [1.82, 2.24) is 5.32 Å². The third-order valence-electron chi connectivity index (χ3n) is 6.24. The first-order chi connectivity index (χ1) is 14.0. The Morgan fingerprint density at radius 1 is 1.00 bits per heavy atom. The van der Waals surface area contributed by atoms with Crippen LogP contribution in [-0.2, 0) is 14.3 Å². The van der Waals surface area contributed by atoms with E-state index < -0.39 is 5.97 Å². The highest BCUT2D eigenvalue weighted by Crippen LogP contribution is 2.30. The normalized spacial score (nSPS) is 22.1. The van der Waals surface area contributed by atoms with E-state index in [-0.39, 0.29) is 29.7 Å². The van der Waals surface area contributed by atoms with Gasteiger partial charge in [-0.2, -0.15) is 0 Å². The Hall–Kier alpha value is -2.37. The Balaban J connectivity index is 1.56. The topological polar surface area (TPSA) is 75.7 Å². The molecule has 0 bridgehead atoms. The average molecular weight is 401 g/mol. The van der Waals surface area contributed by atoms with E-state index >= 15 is 0 Å². The Labute approximate surface area is 173 Å². The average Bonchev–Trinajstić information content (AvgIpc) is 3.28. The van der Waals surface area contributed by atoms with Gasteiger partial charge in [-0.1, -0.05) is 25.0 Å². The zero-order valence-electron chi connectivity index (χ0n) is 17.5. The van der Waals surface area contributed by atoms with Gasteiger partial charge in [-0.3, -0.25) is 9.59 Å². The summed E-state index contributed by atoms with van der Waals surface area (Å²) in [6, 6.07) is 7.22. The summed E-state index contributed by atoms with van der Waals surface area (Å²) >= 11 is 0. The minimum Gasteiger partial charge on any atom is -0.462 e. The van der Waals surface area contributed by atoms with Crippen LogP contribution in [0.2, 0.25) is 0 Å². The predicted molar refractivity (Wildman–Crippen MR) is 112 cm³/mol. The van der Waals surface area contributed by atoms with Gasteiger partial charge in [-0.25, -0.2) is 4.79 Å². The number of amides is 2. The molecule has 2 aliphatic rings. The largest absolute Gasteiger partial charge is 0.462 e. The van der Waals surface area contributed by atoms with Crippen molar-refractivity contribution in [2.45, 2.75) is 64.3 Å². The monoisotopic (exact) mass is 400 g/mol. The number of rotatable bonds is 6. The van der Waals surface area contributed by atoms with Crippen LogP contribution >= 0.6 is 0 Å². The van der Waals surface area contributed by atoms with E-state index in [2.05, 4.69) is 5.32 Å². The molecule has 1 N–H and O–H groups in total. The smallest absolute Gasteiger partial charge is 0.340 e. The zero-order valence-corrected chi connectivity index (χ0v) is 17.5. The second-order valence-electron chi connectivity index (χ2n) is 8.17. The SMILES string of the molecule is CCOC(=O)c1ccccc1N(C)C(=O)C1CCC(NC(=O)C2CCCC2)CC1. The highest BCUT2D eigenvalue weighted by atomic mass is 16.5. The summed E-state index contributed by atoms with van der Waals surface area (Å²) in [4.78, 5) is 39.2. The second kappa shape index (κ2) is 9.90. The first kappa shape index (κ1) is 21.3. The first-order valence-corrected chi connectivity index (χ1v) is 10.8. The number of hydrogen-bond acceptors (Lipinski definition) is 4. The van der Waals surface area contributed by atoms with Gasteiger partial charge in [0.1, 0.15) is 0 Å². The van der Waals surface area contributed by atoms with Gasteiger partial charge < -0.3 is 15.0 Å². The lowest BCUT2D eigenvalue weighted by atomic mass is 9.84. The molecule has 2 aliphatic carbocycles. The molecule has 0 aromatic heterocycles. The molecule has 3 rings (SSSR count). The maximum absolute atomic E-state index is 13.1. The van der Waals surface area contributed by atoms with E-state index in [0.717, 1.165) is 51.4 Å². The molecule has 2 saturated carbocycles. The first-order valence-electron chi connectivity index (χ1n) is 10.8. The van der Waals surface area contributed by atoms with Crippen LogP contribution in [0, 0.1) is 11.8 Å². The number of carbonyl (C=O) groups is 3. The number of benzene rings is 1. The van der Waals surface area contributed by atoms with Gasteiger partial charge in [0.15, 0.2) is 0 Å². The van der Waals surface area contributed by atoms with Crippen LogP contribution in [0.15, 0.2) is 24.3 Å². The van der Waals surface area contributed by atoms with Crippen molar-refractivity contribution < 1.29 is 19.1 Å². The van der Waals surface area contributed by atoms with Gasteiger partial charge in [0, 0.05) is 24.9 Å². The fraction of sp³-hybridized carbons (Fsp3) is 0.609. The number of ether oxygens (including phenoxy) is 1. The molecular formula is C23H32N2O4. The predicted octanol–water partition coefficient (Wildman–Crippen LogP) is 3.69. The molecule has 0 aliphatic heterocycles. The number of esters is 1. The van der Waals surface area contributed by atoms with Gasteiger partial charge in [-0.05, 0) is 57.6 Å². The number of nitrogens with one attached hydrogen (secondary N) is 1. The van der Waals surface area contributed by atoms with Gasteiger partial charge in [-0.15, -0.1) is 0 Å². The molecule has 2 amide bonds. The van der Waals surface area contributed by atoms with Gasteiger partial charge in [0.25, 0.3) is 0 Å². The molecule has 0 unspecified atom stereocenters. The van der Waals surface area contributed by atoms with Gasteiger partial charge >= 0.3 is 5.97 Å². The van der Waals surface area contributed by atoms with Crippen LogP contribution in [0.3, 0.4) is 0 Å². The van der Waals surface area contributed by atoms with E-state index in [1.807, 2.05) is 6.07 Å². The highest BCUT2D eigenvalue weighted by molar-refractivity contribution is 6.03. The summed E-state index contributed by atoms with van der Waals surface area (Å²) in [5.74, 6) is -0.115. The Kier molecular flexibility index (Phi) is 7.29. The second-order valence-corrected chi connectivity index (χ2v) is 8.17. The molecular weight excluding hydrogens is 368 g/mol.